The molecule has 54 valence electrons. The molecule has 0 aromatic rings. The Kier molecular flexibility index (Phi) is 2.08. The summed E-state index contributed by atoms with van der Waals surface area (Å²) >= 11 is 0. The van der Waals surface area contributed by atoms with Crippen molar-refractivity contribution in [2.45, 2.75) is 38.5 Å². The molecule has 3 saturated carbocycles. The number of rotatable bonds is 0. The first-order valence-electron chi connectivity index (χ1n) is 3.95. The minimum absolute atomic E-state index is 0. The molecular formula is C8H14Ne. The fourth-order valence-corrected chi connectivity index (χ4v) is 2.28. The molecular weight excluding hydrogens is 116 g/mol. The molecule has 2 bridgehead atoms. The van der Waals surface area contributed by atoms with E-state index in [1.165, 1.54) is 0 Å². The number of fused-ring (bicyclic) bond motifs is 3. The summed E-state index contributed by atoms with van der Waals surface area (Å²) in [5.74, 6) is 2.31. The van der Waals surface area contributed by atoms with Gasteiger partial charge in [0.05, 0.1) is 0 Å². The van der Waals surface area contributed by atoms with Gasteiger partial charge in [0.2, 0.25) is 0 Å². The minimum Gasteiger partial charge on any atom is -0.0502 e. The first-order valence-corrected chi connectivity index (χ1v) is 3.95. The molecule has 0 heterocycles. The van der Waals surface area contributed by atoms with Crippen molar-refractivity contribution in [3.63, 3.8) is 0 Å². The second kappa shape index (κ2) is 2.66. The molecule has 0 spiro atoms. The summed E-state index contributed by atoms with van der Waals surface area (Å²) in [6.07, 6.45) is 9.36. The average Bonchev–Trinajstić information content (AvgIpc) is 1.92. The molecule has 0 radical (unpaired) electrons. The predicted molar refractivity (Wildman–Crippen MR) is 34.7 cm³/mol. The van der Waals surface area contributed by atoms with Gasteiger partial charge in [-0.25, -0.2) is 0 Å². The first kappa shape index (κ1) is 7.02. The van der Waals surface area contributed by atoms with Crippen LogP contribution in [-0.2, 0) is 0 Å². The summed E-state index contributed by atoms with van der Waals surface area (Å²) in [6.45, 7) is 0. The van der Waals surface area contributed by atoms with Gasteiger partial charge < -0.3 is 0 Å². The van der Waals surface area contributed by atoms with Crippen molar-refractivity contribution < 1.29 is 6.15 Å². The van der Waals surface area contributed by atoms with Crippen LogP contribution < -0.4 is 0 Å². The SMILES string of the molecule is C1CC2CCC1CC2.[Ne]. The van der Waals surface area contributed by atoms with Crippen LogP contribution in [-0.4, -0.2) is 0 Å². The molecule has 3 aliphatic carbocycles. The Hall–Kier alpha value is -0.0909. The Labute approximate surface area is 57.4 Å². The van der Waals surface area contributed by atoms with Gasteiger partial charge in [0, 0.05) is 6.15 Å². The Morgan fingerprint density at radius 2 is 0.778 bits per heavy atom. The van der Waals surface area contributed by atoms with E-state index < -0.39 is 0 Å². The largest absolute Gasteiger partial charge is 0.0502 e. The molecule has 0 amide bonds. The number of hydrogen-bond acceptors (Lipinski definition) is 0. The summed E-state index contributed by atoms with van der Waals surface area (Å²) in [4.78, 5) is 0. The van der Waals surface area contributed by atoms with Crippen molar-refractivity contribution in [1.82, 2.24) is 0 Å². The molecule has 3 fully saturated rings. The van der Waals surface area contributed by atoms with Gasteiger partial charge in [-0.3, -0.25) is 0 Å². The second-order valence-corrected chi connectivity index (χ2v) is 3.46. The van der Waals surface area contributed by atoms with E-state index in [4.69, 9.17) is 0 Å². The van der Waals surface area contributed by atoms with Crippen molar-refractivity contribution in [2.75, 3.05) is 0 Å². The van der Waals surface area contributed by atoms with E-state index in [1.54, 1.807) is 38.5 Å². The monoisotopic (exact) mass is 130 g/mol. The van der Waals surface area contributed by atoms with Crippen LogP contribution in [0.3, 0.4) is 0 Å². The topological polar surface area (TPSA) is 0 Å². The zero-order valence-electron chi connectivity index (χ0n) is 5.75. The van der Waals surface area contributed by atoms with Crippen LogP contribution in [0.25, 0.3) is 0 Å². The maximum atomic E-state index is 1.56. The summed E-state index contributed by atoms with van der Waals surface area (Å²) in [6, 6.07) is 0. The van der Waals surface area contributed by atoms with Crippen molar-refractivity contribution in [3.8, 4) is 0 Å². The van der Waals surface area contributed by atoms with Crippen LogP contribution >= 0.6 is 0 Å². The molecule has 0 nitrogen and oxygen atoms in total. The Morgan fingerprint density at radius 1 is 0.556 bits per heavy atom. The second-order valence-electron chi connectivity index (χ2n) is 3.46. The molecule has 0 aromatic heterocycles. The summed E-state index contributed by atoms with van der Waals surface area (Å²) in [5.41, 5.74) is 0. The van der Waals surface area contributed by atoms with Crippen molar-refractivity contribution in [3.05, 3.63) is 0 Å². The average molecular weight is 130 g/mol. The van der Waals surface area contributed by atoms with Crippen molar-refractivity contribution in [2.24, 2.45) is 11.8 Å². The third-order valence-corrected chi connectivity index (χ3v) is 2.95. The van der Waals surface area contributed by atoms with E-state index in [9.17, 15) is 0 Å². The van der Waals surface area contributed by atoms with Gasteiger partial charge in [0.1, 0.15) is 0 Å². The quantitative estimate of drug-likeness (QED) is 0.473. The molecule has 0 saturated heterocycles. The van der Waals surface area contributed by atoms with E-state index in [1.807, 2.05) is 0 Å². The Bertz CT molecular complexity index is 59.5. The maximum Gasteiger partial charge on any atom is 0 e. The van der Waals surface area contributed by atoms with Gasteiger partial charge in [0.25, 0.3) is 0 Å². The minimum atomic E-state index is 0. The van der Waals surface area contributed by atoms with Crippen molar-refractivity contribution in [1.29, 1.82) is 0 Å². The fraction of sp³-hybridized carbons (Fsp3) is 1.00. The third-order valence-electron chi connectivity index (χ3n) is 2.95. The van der Waals surface area contributed by atoms with E-state index in [0.717, 1.165) is 11.8 Å². The van der Waals surface area contributed by atoms with Gasteiger partial charge in [0.15, 0.2) is 0 Å². The molecule has 3 rings (SSSR count). The van der Waals surface area contributed by atoms with E-state index in [-0.39, 0.29) is 6.15 Å². The van der Waals surface area contributed by atoms with Crippen LogP contribution in [0, 0.1) is 18.0 Å². The summed E-state index contributed by atoms with van der Waals surface area (Å²) in [7, 11) is 0. The van der Waals surface area contributed by atoms with Gasteiger partial charge >= 0.3 is 0 Å². The van der Waals surface area contributed by atoms with Crippen LogP contribution in [0.5, 0.6) is 0 Å². The van der Waals surface area contributed by atoms with Crippen LogP contribution in [0.2, 0.25) is 0 Å². The molecule has 0 aliphatic heterocycles. The van der Waals surface area contributed by atoms with Gasteiger partial charge in [-0.2, -0.15) is 0 Å². The predicted octanol–water partition coefficient (Wildman–Crippen LogP) is 2.59. The Morgan fingerprint density at radius 3 is 0.889 bits per heavy atom. The molecule has 0 N–H and O–H groups in total. The zero-order chi connectivity index (χ0) is 5.40. The number of hydrogen-bond donors (Lipinski definition) is 0. The first-order chi connectivity index (χ1) is 3.95. The summed E-state index contributed by atoms with van der Waals surface area (Å²) in [5, 5.41) is 0. The molecule has 3 aliphatic rings. The fourth-order valence-electron chi connectivity index (χ4n) is 2.28. The molecule has 1 heteroatoms. The van der Waals surface area contributed by atoms with Gasteiger partial charge in [-0.05, 0) is 11.8 Å². The molecule has 0 unspecified atom stereocenters. The van der Waals surface area contributed by atoms with Gasteiger partial charge in [-0.15, -0.1) is 0 Å². The molecule has 0 atom stereocenters. The van der Waals surface area contributed by atoms with Crippen LogP contribution in [0.15, 0.2) is 0 Å². The summed E-state index contributed by atoms with van der Waals surface area (Å²) < 4.78 is 0. The maximum absolute atomic E-state index is 1.56. The normalized spacial score (nSPS) is 40.0. The standard InChI is InChI=1S/C8H14.Ne/c1-2-8-5-3-7(1)4-6-8;/h7-8H,1-6H2;. The Balaban J connectivity index is 0.000000405. The van der Waals surface area contributed by atoms with E-state index >= 15 is 0 Å². The van der Waals surface area contributed by atoms with Crippen LogP contribution in [0.1, 0.15) is 38.5 Å². The van der Waals surface area contributed by atoms with E-state index in [0.29, 0.717) is 0 Å². The van der Waals surface area contributed by atoms with E-state index in [2.05, 4.69) is 0 Å². The molecule has 9 heavy (non-hydrogen) atoms. The third kappa shape index (κ3) is 1.24. The van der Waals surface area contributed by atoms with Gasteiger partial charge in [-0.1, -0.05) is 38.5 Å². The smallest absolute Gasteiger partial charge is 0 e. The van der Waals surface area contributed by atoms with Crippen molar-refractivity contribution >= 4 is 0 Å². The molecule has 0 aromatic carbocycles. The van der Waals surface area contributed by atoms with Crippen LogP contribution in [0.4, 0.5) is 0 Å². The zero-order valence-corrected chi connectivity index (χ0v) is 5.75.